The fraction of sp³-hybridized carbons (Fsp3) is 0.968. The zero-order chi connectivity index (χ0) is 23.8. The Labute approximate surface area is 205 Å². The molecule has 0 aromatic heterocycles. The summed E-state index contributed by atoms with van der Waals surface area (Å²) < 4.78 is 5.90. The number of hydrogen-bond donors (Lipinski definition) is 0. The lowest BCUT2D eigenvalue weighted by molar-refractivity contribution is -0.162. The molecule has 0 N–H and O–H groups in total. The predicted octanol–water partition coefficient (Wildman–Crippen LogP) is 8.82. The lowest BCUT2D eigenvalue weighted by Gasteiger charge is -2.61. The maximum atomic E-state index is 12.1. The predicted molar refractivity (Wildman–Crippen MR) is 138 cm³/mol. The maximum absolute atomic E-state index is 12.1. The third kappa shape index (κ3) is 4.93. The van der Waals surface area contributed by atoms with Gasteiger partial charge in [0.25, 0.3) is 0 Å². The summed E-state index contributed by atoms with van der Waals surface area (Å²) in [4.78, 5) is 12.1. The first kappa shape index (κ1) is 25.6. The summed E-state index contributed by atoms with van der Waals surface area (Å²) in [5, 5.41) is 0. The zero-order valence-corrected chi connectivity index (χ0v) is 22.8. The molecule has 0 aromatic carbocycles. The van der Waals surface area contributed by atoms with Gasteiger partial charge in [0, 0.05) is 6.42 Å². The molecular weight excluding hydrogens is 404 g/mol. The molecule has 4 aliphatic rings. The first-order valence-corrected chi connectivity index (χ1v) is 14.9. The van der Waals surface area contributed by atoms with Crippen LogP contribution in [0.5, 0.6) is 0 Å². The normalized spacial score (nSPS) is 43.5. The van der Waals surface area contributed by atoms with Crippen LogP contribution in [0.2, 0.25) is 0 Å². The molecule has 0 radical (unpaired) electrons. The third-order valence-corrected chi connectivity index (χ3v) is 11.6. The van der Waals surface area contributed by atoms with Crippen molar-refractivity contribution in [2.75, 3.05) is 0 Å². The van der Waals surface area contributed by atoms with Gasteiger partial charge in [-0.1, -0.05) is 60.8 Å². The van der Waals surface area contributed by atoms with Gasteiger partial charge in [-0.15, -0.1) is 0 Å². The molecule has 0 amide bonds. The number of hydrogen-bond acceptors (Lipinski definition) is 2. The molecule has 2 heteroatoms. The van der Waals surface area contributed by atoms with Crippen molar-refractivity contribution in [3.63, 3.8) is 0 Å². The molecular formula is C31H54O2. The van der Waals surface area contributed by atoms with Crippen molar-refractivity contribution in [2.24, 2.45) is 52.3 Å². The second kappa shape index (κ2) is 10.2. The fourth-order valence-corrected chi connectivity index (χ4v) is 9.80. The van der Waals surface area contributed by atoms with Gasteiger partial charge in [-0.2, -0.15) is 0 Å². The van der Waals surface area contributed by atoms with Crippen molar-refractivity contribution in [2.45, 2.75) is 138 Å². The van der Waals surface area contributed by atoms with Crippen LogP contribution >= 0.6 is 0 Å². The van der Waals surface area contributed by atoms with Crippen LogP contribution in [0, 0.1) is 52.3 Å². The van der Waals surface area contributed by atoms with Gasteiger partial charge in [0.15, 0.2) is 0 Å². The van der Waals surface area contributed by atoms with E-state index in [4.69, 9.17) is 4.74 Å². The summed E-state index contributed by atoms with van der Waals surface area (Å²) >= 11 is 0. The lowest BCUT2D eigenvalue weighted by Crippen LogP contribution is -2.54. The van der Waals surface area contributed by atoms with Gasteiger partial charge in [0.2, 0.25) is 0 Å². The number of esters is 1. The Morgan fingerprint density at radius 2 is 1.64 bits per heavy atom. The van der Waals surface area contributed by atoms with Crippen molar-refractivity contribution in [1.82, 2.24) is 0 Å². The molecule has 4 aliphatic carbocycles. The van der Waals surface area contributed by atoms with E-state index in [0.717, 1.165) is 60.7 Å². The smallest absolute Gasteiger partial charge is 0.306 e. The van der Waals surface area contributed by atoms with Gasteiger partial charge in [-0.05, 0) is 116 Å². The third-order valence-electron chi connectivity index (χ3n) is 11.6. The van der Waals surface area contributed by atoms with Crippen LogP contribution in [0.3, 0.4) is 0 Å². The van der Waals surface area contributed by atoms with Crippen molar-refractivity contribution in [3.05, 3.63) is 0 Å². The molecule has 33 heavy (non-hydrogen) atoms. The molecule has 4 saturated carbocycles. The number of ether oxygens (including phenoxy) is 1. The topological polar surface area (TPSA) is 26.3 Å². The molecule has 9 atom stereocenters. The van der Waals surface area contributed by atoms with E-state index < -0.39 is 0 Å². The van der Waals surface area contributed by atoms with E-state index in [0.29, 0.717) is 17.3 Å². The van der Waals surface area contributed by atoms with E-state index in [1.54, 1.807) is 0 Å². The lowest BCUT2D eigenvalue weighted by atomic mass is 9.44. The quantitative estimate of drug-likeness (QED) is 0.340. The molecule has 4 fully saturated rings. The average Bonchev–Trinajstić information content (AvgIpc) is 3.11. The Balaban J connectivity index is 1.40. The summed E-state index contributed by atoms with van der Waals surface area (Å²) in [6.45, 7) is 14.8. The van der Waals surface area contributed by atoms with Crippen LogP contribution in [0.1, 0.15) is 131 Å². The monoisotopic (exact) mass is 458 g/mol. The number of rotatable bonds is 8. The number of fused-ring (bicyclic) bond motifs is 5. The highest BCUT2D eigenvalue weighted by Gasteiger charge is 2.60. The SMILES string of the molecule is CCCC(=O)O[C@H]1CC[C@@]2(C)[C@@H](CC[C@@H]3[C@@H]2CC[C@]2(C)[C@@H]([C@H](C)CCCC(C)C)CC[C@@H]32)C1. The molecule has 0 aromatic rings. The second-order valence-electron chi connectivity index (χ2n) is 13.8. The zero-order valence-electron chi connectivity index (χ0n) is 22.8. The Bertz CT molecular complexity index is 670. The summed E-state index contributed by atoms with van der Waals surface area (Å²) in [7, 11) is 0. The van der Waals surface area contributed by atoms with Crippen LogP contribution in [0.4, 0.5) is 0 Å². The Morgan fingerprint density at radius 3 is 2.36 bits per heavy atom. The van der Waals surface area contributed by atoms with E-state index in [9.17, 15) is 4.79 Å². The molecule has 0 unspecified atom stereocenters. The highest BCUT2D eigenvalue weighted by atomic mass is 16.5. The molecule has 0 aliphatic heterocycles. The van der Waals surface area contributed by atoms with Crippen LogP contribution in [-0.4, -0.2) is 12.1 Å². The Hall–Kier alpha value is -0.530. The summed E-state index contributed by atoms with van der Waals surface area (Å²) in [5.74, 6) is 6.34. The number of carbonyl (C=O) groups excluding carboxylic acids is 1. The summed E-state index contributed by atoms with van der Waals surface area (Å²) in [5.41, 5.74) is 1.08. The van der Waals surface area contributed by atoms with Crippen molar-refractivity contribution >= 4 is 5.97 Å². The second-order valence-corrected chi connectivity index (χ2v) is 13.8. The molecule has 0 saturated heterocycles. The summed E-state index contributed by atoms with van der Waals surface area (Å²) in [6, 6.07) is 0. The standard InChI is InChI=1S/C31H54O2/c1-7-9-29(32)33-24-16-18-30(5)23(20-24)12-13-25-27-15-14-26(22(4)11-8-10-21(2)3)31(27,6)19-17-28(25)30/h21-28H,7-20H2,1-6H3/t22-,23+,24+,25+,26-,27+,28+,30+,31-/m1/s1. The highest BCUT2D eigenvalue weighted by Crippen LogP contribution is 2.68. The fourth-order valence-electron chi connectivity index (χ4n) is 9.80. The Kier molecular flexibility index (Phi) is 7.92. The van der Waals surface area contributed by atoms with E-state index >= 15 is 0 Å². The highest BCUT2D eigenvalue weighted by molar-refractivity contribution is 5.69. The van der Waals surface area contributed by atoms with Crippen LogP contribution in [0.15, 0.2) is 0 Å². The molecule has 0 heterocycles. The van der Waals surface area contributed by atoms with Crippen LogP contribution in [0.25, 0.3) is 0 Å². The molecule has 0 spiro atoms. The Morgan fingerprint density at radius 1 is 0.909 bits per heavy atom. The van der Waals surface area contributed by atoms with Gasteiger partial charge in [-0.25, -0.2) is 0 Å². The van der Waals surface area contributed by atoms with Gasteiger partial charge in [0.05, 0.1) is 0 Å². The van der Waals surface area contributed by atoms with Gasteiger partial charge in [0.1, 0.15) is 6.10 Å². The molecule has 190 valence electrons. The molecule has 2 nitrogen and oxygen atoms in total. The number of carbonyl (C=O) groups is 1. The first-order chi connectivity index (χ1) is 15.7. The van der Waals surface area contributed by atoms with Gasteiger partial charge >= 0.3 is 5.97 Å². The molecule has 0 bridgehead atoms. The van der Waals surface area contributed by atoms with E-state index in [2.05, 4.69) is 41.5 Å². The minimum Gasteiger partial charge on any atom is -0.462 e. The minimum absolute atomic E-state index is 0.0349. The largest absolute Gasteiger partial charge is 0.462 e. The van der Waals surface area contributed by atoms with Crippen molar-refractivity contribution in [1.29, 1.82) is 0 Å². The molecule has 4 rings (SSSR count). The first-order valence-electron chi connectivity index (χ1n) is 14.9. The van der Waals surface area contributed by atoms with Gasteiger partial charge < -0.3 is 4.74 Å². The van der Waals surface area contributed by atoms with Crippen LogP contribution < -0.4 is 0 Å². The van der Waals surface area contributed by atoms with Crippen LogP contribution in [-0.2, 0) is 9.53 Å². The van der Waals surface area contributed by atoms with Crippen molar-refractivity contribution in [3.8, 4) is 0 Å². The van der Waals surface area contributed by atoms with E-state index in [1.165, 1.54) is 64.2 Å². The van der Waals surface area contributed by atoms with Crippen molar-refractivity contribution < 1.29 is 9.53 Å². The summed E-state index contributed by atoms with van der Waals surface area (Å²) in [6.07, 6.45) is 18.2. The minimum atomic E-state index is 0.0349. The average molecular weight is 459 g/mol. The van der Waals surface area contributed by atoms with Gasteiger partial charge in [-0.3, -0.25) is 4.79 Å². The maximum Gasteiger partial charge on any atom is 0.306 e. The van der Waals surface area contributed by atoms with E-state index in [-0.39, 0.29) is 12.1 Å². The van der Waals surface area contributed by atoms with E-state index in [1.807, 2.05) is 0 Å².